The van der Waals surface area contributed by atoms with Crippen molar-refractivity contribution in [3.05, 3.63) is 71.5 Å². The van der Waals surface area contributed by atoms with Crippen LogP contribution in [0.25, 0.3) is 5.52 Å². The topological polar surface area (TPSA) is 70.6 Å². The molecule has 2 aromatic heterocycles. The first-order chi connectivity index (χ1) is 12.8. The van der Waals surface area contributed by atoms with E-state index in [0.717, 1.165) is 6.42 Å². The number of ether oxygens (including phenoxy) is 1. The van der Waals surface area contributed by atoms with Crippen LogP contribution >= 0.6 is 0 Å². The normalized spacial score (nSPS) is 17.2. The van der Waals surface area contributed by atoms with E-state index in [9.17, 15) is 4.79 Å². The van der Waals surface area contributed by atoms with E-state index in [2.05, 4.69) is 23.3 Å². The van der Waals surface area contributed by atoms with Crippen molar-refractivity contribution in [1.82, 2.24) is 14.5 Å². The molecule has 1 amide bonds. The fourth-order valence-electron chi connectivity index (χ4n) is 3.35. The summed E-state index contributed by atoms with van der Waals surface area (Å²) in [4.78, 5) is 15.1. The smallest absolute Gasteiger partial charge is 0.258 e. The number of hydrogen-bond donors (Lipinski definition) is 0. The standard InChI is InChI=1S/C20H18N4O2/c21-12-16-6-7-24-19(11-16)18(13-22-24)20(25)23-8-9-26-14-17(23)10-15-4-2-1-3-5-15/h1-7,11,13,17H,8-10,14H2. The maximum atomic E-state index is 13.2. The van der Waals surface area contributed by atoms with Crippen LogP contribution in [0.15, 0.2) is 54.9 Å². The zero-order valence-electron chi connectivity index (χ0n) is 14.2. The van der Waals surface area contributed by atoms with Gasteiger partial charge in [-0.15, -0.1) is 0 Å². The second kappa shape index (κ2) is 6.98. The summed E-state index contributed by atoms with van der Waals surface area (Å²) in [5, 5.41) is 13.4. The molecule has 1 aliphatic rings. The highest BCUT2D eigenvalue weighted by Crippen LogP contribution is 2.20. The van der Waals surface area contributed by atoms with Gasteiger partial charge in [-0.05, 0) is 24.1 Å². The van der Waals surface area contributed by atoms with Gasteiger partial charge in [-0.1, -0.05) is 30.3 Å². The Kier molecular flexibility index (Phi) is 4.38. The Labute approximate surface area is 151 Å². The number of nitrogens with zero attached hydrogens (tertiary/aromatic N) is 4. The van der Waals surface area contributed by atoms with Gasteiger partial charge < -0.3 is 9.64 Å². The molecule has 26 heavy (non-hydrogen) atoms. The van der Waals surface area contributed by atoms with Crippen molar-refractivity contribution in [2.24, 2.45) is 0 Å². The van der Waals surface area contributed by atoms with E-state index in [1.807, 2.05) is 23.1 Å². The third-order valence-corrected chi connectivity index (χ3v) is 4.68. The van der Waals surface area contributed by atoms with Crippen LogP contribution in [-0.2, 0) is 11.2 Å². The molecule has 0 N–H and O–H groups in total. The van der Waals surface area contributed by atoms with Crippen molar-refractivity contribution in [1.29, 1.82) is 5.26 Å². The molecule has 1 atom stereocenters. The molecule has 6 nitrogen and oxygen atoms in total. The molecular weight excluding hydrogens is 328 g/mol. The lowest BCUT2D eigenvalue weighted by atomic mass is 10.0. The molecule has 0 saturated carbocycles. The van der Waals surface area contributed by atoms with Gasteiger partial charge in [-0.2, -0.15) is 10.4 Å². The summed E-state index contributed by atoms with van der Waals surface area (Å²) in [6.45, 7) is 1.59. The fourth-order valence-corrected chi connectivity index (χ4v) is 3.35. The van der Waals surface area contributed by atoms with Gasteiger partial charge in [-0.25, -0.2) is 4.52 Å². The zero-order chi connectivity index (χ0) is 17.9. The summed E-state index contributed by atoms with van der Waals surface area (Å²) >= 11 is 0. The molecule has 1 aliphatic heterocycles. The fraction of sp³-hybridized carbons (Fsp3) is 0.250. The van der Waals surface area contributed by atoms with Crippen LogP contribution in [0, 0.1) is 11.3 Å². The number of fused-ring (bicyclic) bond motifs is 1. The molecule has 0 radical (unpaired) electrons. The molecular formula is C20H18N4O2. The molecule has 3 aromatic rings. The van der Waals surface area contributed by atoms with E-state index in [-0.39, 0.29) is 11.9 Å². The van der Waals surface area contributed by atoms with E-state index in [4.69, 9.17) is 10.00 Å². The number of aromatic nitrogens is 2. The Morgan fingerprint density at radius 2 is 2.15 bits per heavy atom. The molecule has 1 unspecified atom stereocenters. The first-order valence-corrected chi connectivity index (χ1v) is 8.56. The molecule has 1 saturated heterocycles. The molecule has 0 bridgehead atoms. The summed E-state index contributed by atoms with van der Waals surface area (Å²) in [5.74, 6) is -0.0701. The van der Waals surface area contributed by atoms with Crippen molar-refractivity contribution in [3.63, 3.8) is 0 Å². The van der Waals surface area contributed by atoms with E-state index in [1.165, 1.54) is 5.56 Å². The SMILES string of the molecule is N#Cc1ccn2ncc(C(=O)N3CCOCC3Cc3ccccc3)c2c1. The van der Waals surface area contributed by atoms with Gasteiger partial charge in [0.1, 0.15) is 0 Å². The molecule has 6 heteroatoms. The third-order valence-electron chi connectivity index (χ3n) is 4.68. The molecule has 4 rings (SSSR count). The number of amides is 1. The van der Waals surface area contributed by atoms with E-state index in [0.29, 0.717) is 36.4 Å². The maximum Gasteiger partial charge on any atom is 0.258 e. The van der Waals surface area contributed by atoms with Gasteiger partial charge in [0.05, 0.1) is 48.2 Å². The van der Waals surface area contributed by atoms with Crippen LogP contribution in [0.4, 0.5) is 0 Å². The average Bonchev–Trinajstić information content (AvgIpc) is 3.12. The van der Waals surface area contributed by atoms with E-state index in [1.54, 1.807) is 29.0 Å². The number of carbonyl (C=O) groups excluding carboxylic acids is 1. The number of nitriles is 1. The highest BCUT2D eigenvalue weighted by Gasteiger charge is 2.29. The van der Waals surface area contributed by atoms with Gasteiger partial charge in [0.15, 0.2) is 0 Å². The minimum atomic E-state index is -0.0701. The maximum absolute atomic E-state index is 13.2. The van der Waals surface area contributed by atoms with Crippen LogP contribution in [0.3, 0.4) is 0 Å². The zero-order valence-corrected chi connectivity index (χ0v) is 14.2. The van der Waals surface area contributed by atoms with Crippen molar-refractivity contribution in [2.75, 3.05) is 19.8 Å². The van der Waals surface area contributed by atoms with Crippen molar-refractivity contribution < 1.29 is 9.53 Å². The molecule has 1 fully saturated rings. The monoisotopic (exact) mass is 346 g/mol. The summed E-state index contributed by atoms with van der Waals surface area (Å²) in [5.41, 5.74) is 2.85. The second-order valence-corrected chi connectivity index (χ2v) is 6.33. The van der Waals surface area contributed by atoms with Crippen LogP contribution in [0.2, 0.25) is 0 Å². The Balaban J connectivity index is 1.64. The Bertz CT molecular complexity index is 974. The first kappa shape index (κ1) is 16.3. The number of benzene rings is 1. The van der Waals surface area contributed by atoms with Gasteiger partial charge in [0.2, 0.25) is 0 Å². The highest BCUT2D eigenvalue weighted by molar-refractivity contribution is 6.01. The number of pyridine rings is 1. The first-order valence-electron chi connectivity index (χ1n) is 8.56. The summed E-state index contributed by atoms with van der Waals surface area (Å²) in [7, 11) is 0. The van der Waals surface area contributed by atoms with E-state index < -0.39 is 0 Å². The molecule has 1 aromatic carbocycles. The van der Waals surface area contributed by atoms with Crippen LogP contribution in [-0.4, -0.2) is 46.2 Å². The van der Waals surface area contributed by atoms with Crippen LogP contribution in [0.1, 0.15) is 21.5 Å². The number of morpholine rings is 1. The van der Waals surface area contributed by atoms with Gasteiger partial charge in [0.25, 0.3) is 5.91 Å². The van der Waals surface area contributed by atoms with Crippen LogP contribution in [0.5, 0.6) is 0 Å². The molecule has 130 valence electrons. The Hall–Kier alpha value is -3.17. The predicted octanol–water partition coefficient (Wildman–Crippen LogP) is 2.29. The quantitative estimate of drug-likeness (QED) is 0.729. The number of carbonyl (C=O) groups is 1. The molecule has 0 spiro atoms. The van der Waals surface area contributed by atoms with Crippen LogP contribution < -0.4 is 0 Å². The minimum Gasteiger partial charge on any atom is -0.377 e. The van der Waals surface area contributed by atoms with Gasteiger partial charge in [0, 0.05) is 12.7 Å². The van der Waals surface area contributed by atoms with Gasteiger partial charge in [-0.3, -0.25) is 4.79 Å². The Morgan fingerprint density at radius 1 is 1.31 bits per heavy atom. The number of hydrogen-bond acceptors (Lipinski definition) is 4. The highest BCUT2D eigenvalue weighted by atomic mass is 16.5. The lowest BCUT2D eigenvalue weighted by Gasteiger charge is -2.35. The van der Waals surface area contributed by atoms with Gasteiger partial charge >= 0.3 is 0 Å². The Morgan fingerprint density at radius 3 is 2.96 bits per heavy atom. The second-order valence-electron chi connectivity index (χ2n) is 6.33. The third kappa shape index (κ3) is 3.05. The molecule has 3 heterocycles. The molecule has 0 aliphatic carbocycles. The summed E-state index contributed by atoms with van der Waals surface area (Å²) in [6, 6.07) is 15.6. The summed E-state index contributed by atoms with van der Waals surface area (Å²) < 4.78 is 7.24. The van der Waals surface area contributed by atoms with Crippen molar-refractivity contribution >= 4 is 11.4 Å². The van der Waals surface area contributed by atoms with Crippen molar-refractivity contribution in [3.8, 4) is 6.07 Å². The largest absolute Gasteiger partial charge is 0.377 e. The lowest BCUT2D eigenvalue weighted by molar-refractivity contribution is -0.00153. The lowest BCUT2D eigenvalue weighted by Crippen LogP contribution is -2.49. The minimum absolute atomic E-state index is 0.0206. The van der Waals surface area contributed by atoms with E-state index >= 15 is 0 Å². The van der Waals surface area contributed by atoms with Crippen molar-refractivity contribution in [2.45, 2.75) is 12.5 Å². The average molecular weight is 346 g/mol. The number of rotatable bonds is 3. The predicted molar refractivity (Wildman–Crippen MR) is 95.7 cm³/mol. The summed E-state index contributed by atoms with van der Waals surface area (Å²) in [6.07, 6.45) is 4.02.